The molecule has 158 valence electrons. The lowest BCUT2D eigenvalue weighted by Crippen LogP contribution is -2.35. The van der Waals surface area contributed by atoms with E-state index in [2.05, 4.69) is 9.97 Å². The molecular formula is C23H22N4O4. The monoisotopic (exact) mass is 418 g/mol. The summed E-state index contributed by atoms with van der Waals surface area (Å²) in [6.45, 7) is 3.97. The molecule has 8 heteroatoms. The molecule has 8 nitrogen and oxygen atoms in total. The van der Waals surface area contributed by atoms with Gasteiger partial charge in [-0.25, -0.2) is 4.79 Å². The first kappa shape index (κ1) is 20.3. The van der Waals surface area contributed by atoms with Crippen molar-refractivity contribution in [3.8, 4) is 5.75 Å². The second kappa shape index (κ2) is 8.43. The second-order valence-electron chi connectivity index (χ2n) is 7.10. The predicted octanol–water partition coefficient (Wildman–Crippen LogP) is 2.25. The molecule has 0 unspecified atom stereocenters. The molecule has 1 aliphatic rings. The van der Waals surface area contributed by atoms with E-state index in [1.807, 2.05) is 25.1 Å². The highest BCUT2D eigenvalue weighted by molar-refractivity contribution is 5.92. The smallest absolute Gasteiger partial charge is 0.340 e. The third-order valence-electron chi connectivity index (χ3n) is 5.13. The minimum absolute atomic E-state index is 0.0823. The minimum Gasteiger partial charge on any atom is -0.462 e. The highest BCUT2D eigenvalue weighted by atomic mass is 16.5. The van der Waals surface area contributed by atoms with Crippen LogP contribution in [0.1, 0.15) is 35.4 Å². The summed E-state index contributed by atoms with van der Waals surface area (Å²) >= 11 is 0. The molecule has 3 aromatic rings. The van der Waals surface area contributed by atoms with Crippen molar-refractivity contribution in [3.63, 3.8) is 0 Å². The van der Waals surface area contributed by atoms with Crippen molar-refractivity contribution in [2.75, 3.05) is 6.61 Å². The molecular weight excluding hydrogens is 396 g/mol. The number of nitrogens with zero attached hydrogens (tertiary/aromatic N) is 3. The van der Waals surface area contributed by atoms with Crippen molar-refractivity contribution in [1.29, 1.82) is 0 Å². The SMILES string of the molecule is CCOC(=O)C1=C(N)Oc2cc(C)n(Cc3ccccn3)c(=O)c2[C@@H]1c1cccnc1. The average molecular weight is 418 g/mol. The summed E-state index contributed by atoms with van der Waals surface area (Å²) in [6, 6.07) is 10.8. The number of aromatic nitrogens is 3. The van der Waals surface area contributed by atoms with Crippen LogP contribution in [0.3, 0.4) is 0 Å². The Kier molecular flexibility index (Phi) is 5.53. The van der Waals surface area contributed by atoms with Gasteiger partial charge in [-0.2, -0.15) is 0 Å². The van der Waals surface area contributed by atoms with Gasteiger partial charge in [0.25, 0.3) is 5.56 Å². The highest BCUT2D eigenvalue weighted by Crippen LogP contribution is 2.41. The van der Waals surface area contributed by atoms with Gasteiger partial charge in [0.1, 0.15) is 11.3 Å². The summed E-state index contributed by atoms with van der Waals surface area (Å²) in [5.74, 6) is -1.16. The van der Waals surface area contributed by atoms with Crippen LogP contribution in [0.5, 0.6) is 5.75 Å². The van der Waals surface area contributed by atoms with E-state index in [1.165, 1.54) is 0 Å². The first-order chi connectivity index (χ1) is 15.0. The first-order valence-electron chi connectivity index (χ1n) is 9.90. The van der Waals surface area contributed by atoms with E-state index in [0.29, 0.717) is 22.6 Å². The normalized spacial score (nSPS) is 15.2. The molecule has 0 bridgehead atoms. The molecule has 0 saturated carbocycles. The number of pyridine rings is 3. The molecule has 0 spiro atoms. The van der Waals surface area contributed by atoms with E-state index < -0.39 is 11.9 Å². The fourth-order valence-corrected chi connectivity index (χ4v) is 3.72. The number of nitrogens with two attached hydrogens (primary N) is 1. The lowest BCUT2D eigenvalue weighted by atomic mass is 9.84. The molecule has 1 aliphatic heterocycles. The quantitative estimate of drug-likeness (QED) is 0.633. The Labute approximate surface area is 179 Å². The van der Waals surface area contributed by atoms with Crippen molar-refractivity contribution < 1.29 is 14.3 Å². The third kappa shape index (κ3) is 3.79. The Balaban J connectivity index is 1.92. The van der Waals surface area contributed by atoms with Gasteiger partial charge >= 0.3 is 5.97 Å². The summed E-state index contributed by atoms with van der Waals surface area (Å²) in [4.78, 5) is 34.9. The standard InChI is InChI=1S/C23H22N4O4/c1-3-30-23(29)20-18(15-7-6-9-25-12-15)19-17(31-21(20)24)11-14(2)27(22(19)28)13-16-8-4-5-10-26-16/h4-12,18H,3,13,24H2,1-2H3/t18-/m0/s1. The van der Waals surface area contributed by atoms with Crippen LogP contribution in [0.2, 0.25) is 0 Å². The van der Waals surface area contributed by atoms with Crippen LogP contribution in [-0.4, -0.2) is 27.1 Å². The van der Waals surface area contributed by atoms with Gasteiger partial charge in [0.2, 0.25) is 5.88 Å². The Morgan fingerprint density at radius 3 is 2.77 bits per heavy atom. The Bertz CT molecular complexity index is 1200. The number of carbonyl (C=O) groups excluding carboxylic acids is 1. The summed E-state index contributed by atoms with van der Waals surface area (Å²) in [5.41, 5.74) is 8.31. The Hall–Kier alpha value is -3.94. The summed E-state index contributed by atoms with van der Waals surface area (Å²) in [7, 11) is 0. The number of ether oxygens (including phenoxy) is 2. The van der Waals surface area contributed by atoms with Gasteiger partial charge < -0.3 is 19.8 Å². The van der Waals surface area contributed by atoms with Crippen molar-refractivity contribution in [3.05, 3.63) is 99.3 Å². The molecule has 0 aromatic carbocycles. The lowest BCUT2D eigenvalue weighted by Gasteiger charge is -2.28. The fourth-order valence-electron chi connectivity index (χ4n) is 3.72. The second-order valence-corrected chi connectivity index (χ2v) is 7.10. The van der Waals surface area contributed by atoms with Crippen LogP contribution in [0.15, 0.2) is 71.2 Å². The van der Waals surface area contributed by atoms with Gasteiger partial charge in [-0.1, -0.05) is 12.1 Å². The number of hydrogen-bond donors (Lipinski definition) is 1. The maximum atomic E-state index is 13.7. The van der Waals surface area contributed by atoms with Crippen molar-refractivity contribution in [2.45, 2.75) is 26.3 Å². The minimum atomic E-state index is -0.764. The maximum absolute atomic E-state index is 13.7. The fraction of sp³-hybridized carbons (Fsp3) is 0.217. The van der Waals surface area contributed by atoms with Gasteiger partial charge in [-0.3, -0.25) is 14.8 Å². The summed E-state index contributed by atoms with van der Waals surface area (Å²) in [6.07, 6.45) is 4.90. The van der Waals surface area contributed by atoms with Crippen LogP contribution in [0.25, 0.3) is 0 Å². The number of fused-ring (bicyclic) bond motifs is 1. The van der Waals surface area contributed by atoms with Gasteiger partial charge in [0.15, 0.2) is 0 Å². The zero-order chi connectivity index (χ0) is 22.0. The average Bonchev–Trinajstić information content (AvgIpc) is 2.77. The van der Waals surface area contributed by atoms with Crippen molar-refractivity contribution >= 4 is 5.97 Å². The first-order valence-corrected chi connectivity index (χ1v) is 9.90. The van der Waals surface area contributed by atoms with Crippen LogP contribution < -0.4 is 16.0 Å². The topological polar surface area (TPSA) is 109 Å². The van der Waals surface area contributed by atoms with Gasteiger partial charge in [0, 0.05) is 30.4 Å². The molecule has 2 N–H and O–H groups in total. The molecule has 0 aliphatic carbocycles. The van der Waals surface area contributed by atoms with Crippen LogP contribution in [-0.2, 0) is 16.1 Å². The van der Waals surface area contributed by atoms with Crippen molar-refractivity contribution in [2.24, 2.45) is 5.73 Å². The summed E-state index contributed by atoms with van der Waals surface area (Å²) in [5, 5.41) is 0. The number of hydrogen-bond acceptors (Lipinski definition) is 7. The van der Waals surface area contributed by atoms with E-state index in [1.54, 1.807) is 48.3 Å². The van der Waals surface area contributed by atoms with E-state index >= 15 is 0 Å². The number of rotatable bonds is 5. The zero-order valence-corrected chi connectivity index (χ0v) is 17.2. The van der Waals surface area contributed by atoms with Crippen LogP contribution in [0.4, 0.5) is 0 Å². The zero-order valence-electron chi connectivity index (χ0n) is 17.2. The van der Waals surface area contributed by atoms with Gasteiger partial charge in [-0.15, -0.1) is 0 Å². The molecule has 31 heavy (non-hydrogen) atoms. The van der Waals surface area contributed by atoms with Gasteiger partial charge in [0.05, 0.1) is 30.3 Å². The maximum Gasteiger partial charge on any atom is 0.340 e. The molecule has 0 radical (unpaired) electrons. The highest BCUT2D eigenvalue weighted by Gasteiger charge is 2.38. The number of esters is 1. The van der Waals surface area contributed by atoms with E-state index in [9.17, 15) is 9.59 Å². The van der Waals surface area contributed by atoms with Gasteiger partial charge in [-0.05, 0) is 37.6 Å². The van der Waals surface area contributed by atoms with Crippen LogP contribution in [0, 0.1) is 6.92 Å². The summed E-state index contributed by atoms with van der Waals surface area (Å²) < 4.78 is 12.6. The lowest BCUT2D eigenvalue weighted by molar-refractivity contribution is -0.139. The molecule has 0 fully saturated rings. The molecule has 0 saturated heterocycles. The molecule has 1 atom stereocenters. The van der Waals surface area contributed by atoms with Crippen molar-refractivity contribution in [1.82, 2.24) is 14.5 Å². The molecule has 0 amide bonds. The number of aryl methyl sites for hydroxylation is 1. The largest absolute Gasteiger partial charge is 0.462 e. The van der Waals surface area contributed by atoms with E-state index in [0.717, 1.165) is 5.69 Å². The number of carbonyl (C=O) groups is 1. The molecule has 3 aromatic heterocycles. The molecule has 4 heterocycles. The van der Waals surface area contributed by atoms with E-state index in [4.69, 9.17) is 15.2 Å². The molecule has 4 rings (SSSR count). The Morgan fingerprint density at radius 2 is 2.10 bits per heavy atom. The van der Waals surface area contributed by atoms with E-state index in [-0.39, 0.29) is 30.2 Å². The van der Waals surface area contributed by atoms with Crippen LogP contribution >= 0.6 is 0 Å². The Morgan fingerprint density at radius 1 is 1.26 bits per heavy atom. The third-order valence-corrected chi connectivity index (χ3v) is 5.13. The predicted molar refractivity (Wildman–Crippen MR) is 113 cm³/mol.